The first kappa shape index (κ1) is 15.9. The molecule has 0 aromatic rings. The molecule has 1 saturated carbocycles. The summed E-state index contributed by atoms with van der Waals surface area (Å²) in [5.41, 5.74) is 0. The highest BCUT2D eigenvalue weighted by Gasteiger charge is 2.28. The van der Waals surface area contributed by atoms with Gasteiger partial charge in [-0.15, -0.1) is 0 Å². The monoisotopic (exact) mass is 293 g/mol. The molecular weight excluding hydrogens is 274 g/mol. The van der Waals surface area contributed by atoms with E-state index in [9.17, 15) is 18.0 Å². The van der Waals surface area contributed by atoms with E-state index in [0.29, 0.717) is 0 Å². The number of hydrogen-bond donors (Lipinski definition) is 3. The van der Waals surface area contributed by atoms with Crippen molar-refractivity contribution >= 4 is 22.1 Å². The zero-order chi connectivity index (χ0) is 14.6. The number of carbonyl (C=O) groups excluding carboxylic acids is 1. The topological polar surface area (TPSA) is 116 Å². The van der Waals surface area contributed by atoms with Crippen LogP contribution in [0.25, 0.3) is 0 Å². The van der Waals surface area contributed by atoms with Crippen LogP contribution in [0.2, 0.25) is 0 Å². The van der Waals surface area contributed by atoms with Crippen LogP contribution in [0.5, 0.6) is 0 Å². The average Bonchev–Trinajstić information content (AvgIpc) is 3.08. The Hall–Kier alpha value is -1.19. The lowest BCUT2D eigenvalue weighted by Crippen LogP contribution is -2.49. The molecule has 1 atom stereocenters. The fourth-order valence-electron chi connectivity index (χ4n) is 1.29. The Balaban J connectivity index is 2.47. The van der Waals surface area contributed by atoms with E-state index in [2.05, 4.69) is 10.0 Å². The van der Waals surface area contributed by atoms with Crippen molar-refractivity contribution in [1.82, 2.24) is 14.3 Å². The van der Waals surface area contributed by atoms with E-state index in [-0.39, 0.29) is 24.9 Å². The van der Waals surface area contributed by atoms with E-state index < -0.39 is 22.2 Å². The molecule has 0 spiro atoms. The number of carbonyl (C=O) groups is 2. The van der Waals surface area contributed by atoms with Crippen molar-refractivity contribution in [3.63, 3.8) is 0 Å². The summed E-state index contributed by atoms with van der Waals surface area (Å²) in [6.45, 7) is 1.29. The fraction of sp³-hybridized carbons (Fsp3) is 0.800. The van der Waals surface area contributed by atoms with Gasteiger partial charge in [0.05, 0.1) is 12.5 Å². The molecule has 110 valence electrons. The molecule has 0 aromatic carbocycles. The molecule has 1 fully saturated rings. The Labute approximate surface area is 112 Å². The van der Waals surface area contributed by atoms with Gasteiger partial charge in [-0.05, 0) is 19.8 Å². The van der Waals surface area contributed by atoms with Gasteiger partial charge >= 0.3 is 5.97 Å². The summed E-state index contributed by atoms with van der Waals surface area (Å²) in [5.74, 6) is -1.46. The van der Waals surface area contributed by atoms with Crippen LogP contribution >= 0.6 is 0 Å². The summed E-state index contributed by atoms with van der Waals surface area (Å²) >= 11 is 0. The van der Waals surface area contributed by atoms with Crippen LogP contribution in [0.4, 0.5) is 0 Å². The molecule has 1 unspecified atom stereocenters. The minimum Gasteiger partial charge on any atom is -0.481 e. The van der Waals surface area contributed by atoms with Crippen LogP contribution in [-0.2, 0) is 19.8 Å². The molecule has 9 heteroatoms. The van der Waals surface area contributed by atoms with Crippen molar-refractivity contribution in [2.75, 3.05) is 13.6 Å². The normalized spacial score (nSPS) is 17.2. The number of amides is 1. The lowest BCUT2D eigenvalue weighted by Gasteiger charge is -2.20. The molecule has 0 aromatic heterocycles. The van der Waals surface area contributed by atoms with Gasteiger partial charge in [0.15, 0.2) is 0 Å². The molecule has 0 aliphatic heterocycles. The Morgan fingerprint density at radius 3 is 2.47 bits per heavy atom. The third-order valence-corrected chi connectivity index (χ3v) is 4.35. The lowest BCUT2D eigenvalue weighted by molar-refractivity contribution is -0.137. The molecule has 0 radical (unpaired) electrons. The van der Waals surface area contributed by atoms with Crippen LogP contribution in [0.3, 0.4) is 0 Å². The van der Waals surface area contributed by atoms with Gasteiger partial charge in [-0.25, -0.2) is 0 Å². The van der Waals surface area contributed by atoms with E-state index in [4.69, 9.17) is 5.11 Å². The SMILES string of the molecule is CC(NS(=O)(=O)N(C)CCC(=O)O)C(=O)NC1CC1. The maximum absolute atomic E-state index is 11.8. The van der Waals surface area contributed by atoms with Crippen LogP contribution in [0.15, 0.2) is 0 Å². The van der Waals surface area contributed by atoms with E-state index in [1.165, 1.54) is 14.0 Å². The second kappa shape index (κ2) is 6.31. The fourth-order valence-corrected chi connectivity index (χ4v) is 2.36. The molecule has 0 saturated heterocycles. The second-order valence-electron chi connectivity index (χ2n) is 4.59. The number of rotatable bonds is 8. The summed E-state index contributed by atoms with van der Waals surface area (Å²) in [6, 6.07) is -0.734. The Kier molecular flexibility index (Phi) is 5.27. The van der Waals surface area contributed by atoms with Crippen LogP contribution in [0, 0.1) is 0 Å². The van der Waals surface area contributed by atoms with Gasteiger partial charge in [0.1, 0.15) is 0 Å². The highest BCUT2D eigenvalue weighted by atomic mass is 32.2. The molecular formula is C10H19N3O5S. The first-order chi connectivity index (χ1) is 8.72. The van der Waals surface area contributed by atoms with Crippen LogP contribution in [0.1, 0.15) is 26.2 Å². The predicted molar refractivity (Wildman–Crippen MR) is 67.6 cm³/mol. The minimum atomic E-state index is -3.86. The van der Waals surface area contributed by atoms with Gasteiger partial charge in [-0.1, -0.05) is 0 Å². The van der Waals surface area contributed by atoms with Gasteiger partial charge in [0, 0.05) is 19.6 Å². The summed E-state index contributed by atoms with van der Waals surface area (Å²) < 4.78 is 26.7. The van der Waals surface area contributed by atoms with Gasteiger partial charge in [0.25, 0.3) is 10.2 Å². The Morgan fingerprint density at radius 2 is 2.00 bits per heavy atom. The number of hydrogen-bond acceptors (Lipinski definition) is 4. The first-order valence-electron chi connectivity index (χ1n) is 5.98. The average molecular weight is 293 g/mol. The van der Waals surface area contributed by atoms with Crippen molar-refractivity contribution in [1.29, 1.82) is 0 Å². The number of carboxylic acid groups (broad SMARTS) is 1. The highest BCUT2D eigenvalue weighted by Crippen LogP contribution is 2.18. The first-order valence-corrected chi connectivity index (χ1v) is 7.42. The molecule has 1 amide bonds. The van der Waals surface area contributed by atoms with Crippen molar-refractivity contribution in [3.05, 3.63) is 0 Å². The van der Waals surface area contributed by atoms with Gasteiger partial charge in [0.2, 0.25) is 5.91 Å². The molecule has 3 N–H and O–H groups in total. The van der Waals surface area contributed by atoms with Crippen molar-refractivity contribution < 1.29 is 23.1 Å². The number of aliphatic carboxylic acids is 1. The number of nitrogens with zero attached hydrogens (tertiary/aromatic N) is 1. The van der Waals surface area contributed by atoms with E-state index in [0.717, 1.165) is 17.1 Å². The quantitative estimate of drug-likeness (QED) is 0.525. The third kappa shape index (κ3) is 5.53. The summed E-state index contributed by atoms with van der Waals surface area (Å²) in [7, 11) is -2.60. The smallest absolute Gasteiger partial charge is 0.304 e. The molecule has 8 nitrogen and oxygen atoms in total. The van der Waals surface area contributed by atoms with Crippen molar-refractivity contribution in [3.8, 4) is 0 Å². The predicted octanol–water partition coefficient (Wildman–Crippen LogP) is -1.11. The molecule has 19 heavy (non-hydrogen) atoms. The van der Waals surface area contributed by atoms with Gasteiger partial charge in [-0.3, -0.25) is 9.59 Å². The van der Waals surface area contributed by atoms with E-state index in [1.54, 1.807) is 0 Å². The van der Waals surface area contributed by atoms with Crippen molar-refractivity contribution in [2.45, 2.75) is 38.3 Å². The molecule has 1 rings (SSSR count). The van der Waals surface area contributed by atoms with Crippen LogP contribution < -0.4 is 10.0 Å². The third-order valence-electron chi connectivity index (χ3n) is 2.69. The molecule has 1 aliphatic carbocycles. The Bertz CT molecular complexity index is 446. The van der Waals surface area contributed by atoms with Crippen molar-refractivity contribution in [2.24, 2.45) is 0 Å². The summed E-state index contributed by atoms with van der Waals surface area (Å²) in [6.07, 6.45) is 1.55. The van der Waals surface area contributed by atoms with Gasteiger partial charge < -0.3 is 10.4 Å². The molecule has 1 aliphatic rings. The lowest BCUT2D eigenvalue weighted by atomic mass is 10.3. The summed E-state index contributed by atoms with van der Waals surface area (Å²) in [4.78, 5) is 22.0. The van der Waals surface area contributed by atoms with E-state index in [1.807, 2.05) is 0 Å². The zero-order valence-electron chi connectivity index (χ0n) is 10.9. The number of nitrogens with one attached hydrogen (secondary N) is 2. The molecule has 0 heterocycles. The second-order valence-corrected chi connectivity index (χ2v) is 6.40. The maximum Gasteiger partial charge on any atom is 0.304 e. The van der Waals surface area contributed by atoms with Gasteiger partial charge in [-0.2, -0.15) is 17.4 Å². The number of carboxylic acids is 1. The maximum atomic E-state index is 11.8. The minimum absolute atomic E-state index is 0.151. The van der Waals surface area contributed by atoms with E-state index >= 15 is 0 Å². The Morgan fingerprint density at radius 1 is 1.42 bits per heavy atom. The van der Waals surface area contributed by atoms with Crippen LogP contribution in [-0.4, -0.2) is 55.4 Å². The standard InChI is InChI=1S/C10H19N3O5S/c1-7(10(16)11-8-3-4-8)12-19(17,18)13(2)6-5-9(14)15/h7-8,12H,3-6H2,1-2H3,(H,11,16)(H,14,15). The largest absolute Gasteiger partial charge is 0.481 e. The molecule has 0 bridgehead atoms. The highest BCUT2D eigenvalue weighted by molar-refractivity contribution is 7.87. The summed E-state index contributed by atoms with van der Waals surface area (Å²) in [5, 5.41) is 11.2. The zero-order valence-corrected chi connectivity index (χ0v) is 11.7.